The van der Waals surface area contributed by atoms with E-state index in [4.69, 9.17) is 0 Å². The first kappa shape index (κ1) is 13.7. The first-order chi connectivity index (χ1) is 8.38. The fraction of sp³-hybridized carbons (Fsp3) is 1.00. The lowest BCUT2D eigenvalue weighted by Crippen LogP contribution is -2.43. The van der Waals surface area contributed by atoms with Gasteiger partial charge in [-0.3, -0.25) is 0 Å². The van der Waals surface area contributed by atoms with Crippen molar-refractivity contribution in [2.75, 3.05) is 37.7 Å². The van der Waals surface area contributed by atoms with Crippen molar-refractivity contribution in [3.63, 3.8) is 0 Å². The maximum Gasteiger partial charge on any atom is 0.00915 e. The van der Waals surface area contributed by atoms with E-state index in [0.717, 1.165) is 12.0 Å². The van der Waals surface area contributed by atoms with Gasteiger partial charge >= 0.3 is 0 Å². The normalized spacial score (nSPS) is 23.1. The second-order valence-corrected chi connectivity index (χ2v) is 6.91. The van der Waals surface area contributed by atoms with Crippen molar-refractivity contribution in [1.82, 2.24) is 10.2 Å². The van der Waals surface area contributed by atoms with E-state index in [1.807, 2.05) is 0 Å². The van der Waals surface area contributed by atoms with Crippen LogP contribution in [0.1, 0.15) is 39.0 Å². The summed E-state index contributed by atoms with van der Waals surface area (Å²) in [6, 6.07) is 0.817. The third-order valence-electron chi connectivity index (χ3n) is 3.95. The van der Waals surface area contributed by atoms with Gasteiger partial charge in [0.2, 0.25) is 0 Å². The molecule has 1 heterocycles. The number of hydrogen-bond donors (Lipinski definition) is 1. The average Bonchev–Trinajstić information content (AvgIpc) is 3.18. The number of rotatable bonds is 8. The zero-order valence-corrected chi connectivity index (χ0v) is 12.1. The first-order valence-corrected chi connectivity index (χ1v) is 8.57. The zero-order chi connectivity index (χ0) is 11.9. The van der Waals surface area contributed by atoms with Crippen LogP contribution >= 0.6 is 11.8 Å². The molecule has 0 aromatic heterocycles. The summed E-state index contributed by atoms with van der Waals surface area (Å²) in [5.74, 6) is 3.64. The average molecular weight is 256 g/mol. The van der Waals surface area contributed by atoms with Crippen molar-refractivity contribution < 1.29 is 0 Å². The van der Waals surface area contributed by atoms with Gasteiger partial charge in [-0.15, -0.1) is 0 Å². The quantitative estimate of drug-likeness (QED) is 0.672. The van der Waals surface area contributed by atoms with Crippen molar-refractivity contribution >= 4 is 11.8 Å². The fourth-order valence-electron chi connectivity index (χ4n) is 2.55. The number of piperidine rings is 1. The number of hydrogen-bond acceptors (Lipinski definition) is 3. The Balaban J connectivity index is 1.48. The highest BCUT2D eigenvalue weighted by atomic mass is 32.2. The van der Waals surface area contributed by atoms with Gasteiger partial charge in [0.05, 0.1) is 0 Å². The molecule has 0 spiro atoms. The van der Waals surface area contributed by atoms with Gasteiger partial charge in [0.1, 0.15) is 0 Å². The minimum atomic E-state index is 0.817. The van der Waals surface area contributed by atoms with Gasteiger partial charge in [-0.2, -0.15) is 11.8 Å². The van der Waals surface area contributed by atoms with Crippen LogP contribution in [0.5, 0.6) is 0 Å². The van der Waals surface area contributed by atoms with Crippen molar-refractivity contribution in [2.45, 2.75) is 45.1 Å². The van der Waals surface area contributed by atoms with Crippen LogP contribution in [0.25, 0.3) is 0 Å². The number of nitrogens with zero attached hydrogens (tertiary/aromatic N) is 1. The molecule has 0 aromatic rings. The summed E-state index contributed by atoms with van der Waals surface area (Å²) >= 11 is 2.08. The molecule has 17 heavy (non-hydrogen) atoms. The molecule has 2 rings (SSSR count). The minimum absolute atomic E-state index is 0.817. The fourth-order valence-corrected chi connectivity index (χ4v) is 3.17. The Morgan fingerprint density at radius 1 is 1.18 bits per heavy atom. The lowest BCUT2D eigenvalue weighted by molar-refractivity contribution is 0.198. The van der Waals surface area contributed by atoms with Crippen LogP contribution < -0.4 is 5.32 Å². The molecule has 0 aromatic carbocycles. The molecule has 1 N–H and O–H groups in total. The van der Waals surface area contributed by atoms with Gasteiger partial charge in [-0.25, -0.2) is 0 Å². The Labute approximate surface area is 111 Å². The van der Waals surface area contributed by atoms with E-state index in [2.05, 4.69) is 28.9 Å². The summed E-state index contributed by atoms with van der Waals surface area (Å²) in [7, 11) is 0. The molecule has 100 valence electrons. The molecule has 2 fully saturated rings. The maximum atomic E-state index is 3.75. The van der Waals surface area contributed by atoms with Crippen molar-refractivity contribution in [3.8, 4) is 0 Å². The van der Waals surface area contributed by atoms with E-state index in [-0.39, 0.29) is 0 Å². The molecule has 0 atom stereocenters. The summed E-state index contributed by atoms with van der Waals surface area (Å²) in [4.78, 5) is 2.66. The third-order valence-corrected chi connectivity index (χ3v) is 4.93. The van der Waals surface area contributed by atoms with Crippen molar-refractivity contribution in [1.29, 1.82) is 0 Å². The standard InChI is InChI=1S/C14H28N2S/c1-2-17-11-3-8-16-9-6-14(7-10-16)15-12-13-4-5-13/h13-15H,2-12H2,1H3. The maximum absolute atomic E-state index is 3.75. The Hall–Kier alpha value is 0.270. The topological polar surface area (TPSA) is 15.3 Å². The van der Waals surface area contributed by atoms with Crippen LogP contribution in [0, 0.1) is 5.92 Å². The molecule has 1 aliphatic heterocycles. The zero-order valence-electron chi connectivity index (χ0n) is 11.3. The van der Waals surface area contributed by atoms with E-state index in [1.54, 1.807) is 0 Å². The van der Waals surface area contributed by atoms with Gasteiger partial charge in [-0.05, 0) is 75.7 Å². The van der Waals surface area contributed by atoms with E-state index in [0.29, 0.717) is 0 Å². The van der Waals surface area contributed by atoms with Gasteiger partial charge in [0.15, 0.2) is 0 Å². The molecule has 2 nitrogen and oxygen atoms in total. The molecule has 0 unspecified atom stereocenters. The van der Waals surface area contributed by atoms with Crippen LogP contribution in [-0.4, -0.2) is 48.6 Å². The minimum Gasteiger partial charge on any atom is -0.314 e. The highest BCUT2D eigenvalue weighted by Crippen LogP contribution is 2.28. The van der Waals surface area contributed by atoms with Crippen LogP contribution in [0.4, 0.5) is 0 Å². The summed E-state index contributed by atoms with van der Waals surface area (Å²) in [6.45, 7) is 7.50. The van der Waals surface area contributed by atoms with Gasteiger partial charge in [0, 0.05) is 6.04 Å². The molecule has 0 bridgehead atoms. The Kier molecular flexibility index (Phi) is 6.16. The molecule has 0 amide bonds. The smallest absolute Gasteiger partial charge is 0.00915 e. The van der Waals surface area contributed by atoms with Gasteiger partial charge in [-0.1, -0.05) is 6.92 Å². The van der Waals surface area contributed by atoms with Crippen LogP contribution in [0.3, 0.4) is 0 Å². The third kappa shape index (κ3) is 5.62. The summed E-state index contributed by atoms with van der Waals surface area (Å²) < 4.78 is 0. The first-order valence-electron chi connectivity index (χ1n) is 7.42. The van der Waals surface area contributed by atoms with Crippen LogP contribution in [0.15, 0.2) is 0 Å². The highest BCUT2D eigenvalue weighted by Gasteiger charge is 2.24. The van der Waals surface area contributed by atoms with E-state index in [1.165, 1.54) is 69.8 Å². The molecule has 1 saturated heterocycles. The Bertz CT molecular complexity index is 198. The van der Waals surface area contributed by atoms with Gasteiger partial charge in [0.25, 0.3) is 0 Å². The summed E-state index contributed by atoms with van der Waals surface area (Å²) in [5.41, 5.74) is 0. The molecule has 2 aliphatic rings. The molecule has 3 heteroatoms. The second kappa shape index (κ2) is 7.65. The van der Waals surface area contributed by atoms with E-state index < -0.39 is 0 Å². The summed E-state index contributed by atoms with van der Waals surface area (Å²) in [6.07, 6.45) is 7.06. The molecular formula is C14H28N2S. The lowest BCUT2D eigenvalue weighted by atomic mass is 10.0. The molecule has 0 radical (unpaired) electrons. The Morgan fingerprint density at radius 2 is 1.94 bits per heavy atom. The van der Waals surface area contributed by atoms with Crippen molar-refractivity contribution in [2.24, 2.45) is 5.92 Å². The lowest BCUT2D eigenvalue weighted by Gasteiger charge is -2.32. The SMILES string of the molecule is CCSCCCN1CCC(NCC2CC2)CC1. The van der Waals surface area contributed by atoms with E-state index >= 15 is 0 Å². The molecule has 1 saturated carbocycles. The molecule has 1 aliphatic carbocycles. The number of nitrogens with one attached hydrogen (secondary N) is 1. The second-order valence-electron chi connectivity index (χ2n) is 5.52. The predicted octanol–water partition coefficient (Wildman–Crippen LogP) is 2.59. The number of likely N-dealkylation sites (tertiary alicyclic amines) is 1. The van der Waals surface area contributed by atoms with Crippen LogP contribution in [-0.2, 0) is 0 Å². The largest absolute Gasteiger partial charge is 0.314 e. The van der Waals surface area contributed by atoms with Crippen LogP contribution in [0.2, 0.25) is 0 Å². The summed E-state index contributed by atoms with van der Waals surface area (Å²) in [5, 5.41) is 3.75. The van der Waals surface area contributed by atoms with E-state index in [9.17, 15) is 0 Å². The monoisotopic (exact) mass is 256 g/mol. The predicted molar refractivity (Wildman–Crippen MR) is 77.8 cm³/mol. The Morgan fingerprint density at radius 3 is 2.59 bits per heavy atom. The number of thioether (sulfide) groups is 1. The highest BCUT2D eigenvalue weighted by molar-refractivity contribution is 7.99. The van der Waals surface area contributed by atoms with Crippen molar-refractivity contribution in [3.05, 3.63) is 0 Å². The van der Waals surface area contributed by atoms with Gasteiger partial charge < -0.3 is 10.2 Å². The molecular weight excluding hydrogens is 228 g/mol.